The highest BCUT2D eigenvalue weighted by molar-refractivity contribution is 7.89. The topological polar surface area (TPSA) is 69.7 Å². The molecule has 1 aliphatic rings. The van der Waals surface area contributed by atoms with Crippen molar-refractivity contribution < 1.29 is 17.6 Å². The number of likely N-dealkylation sites (N-methyl/N-ethyl adjacent to an activating group) is 1. The Morgan fingerprint density at radius 1 is 1.17 bits per heavy atom. The minimum Gasteiger partial charge on any atom is -0.369 e. The monoisotopic (exact) mass is 419 g/mol. The van der Waals surface area contributed by atoms with Gasteiger partial charge >= 0.3 is 0 Å². The van der Waals surface area contributed by atoms with E-state index >= 15 is 0 Å². The van der Waals surface area contributed by atoms with Crippen LogP contribution in [0, 0.1) is 5.82 Å². The maximum atomic E-state index is 13.9. The van der Waals surface area contributed by atoms with Crippen LogP contribution in [0.4, 0.5) is 10.1 Å². The Morgan fingerprint density at radius 2 is 1.83 bits per heavy atom. The number of benzene rings is 2. The summed E-state index contributed by atoms with van der Waals surface area (Å²) >= 11 is 0. The van der Waals surface area contributed by atoms with E-state index in [1.54, 1.807) is 11.9 Å². The number of amides is 1. The molecule has 6 nitrogen and oxygen atoms in total. The molecule has 0 aromatic heterocycles. The van der Waals surface area contributed by atoms with Crippen molar-refractivity contribution >= 4 is 21.6 Å². The second-order valence-corrected chi connectivity index (χ2v) is 8.98. The summed E-state index contributed by atoms with van der Waals surface area (Å²) < 4.78 is 41.1. The molecule has 1 N–H and O–H groups in total. The summed E-state index contributed by atoms with van der Waals surface area (Å²) in [4.78, 5) is 16.2. The zero-order valence-corrected chi connectivity index (χ0v) is 17.4. The number of halogens is 1. The summed E-state index contributed by atoms with van der Waals surface area (Å²) in [5, 5.41) is 0. The number of hydrogen-bond donors (Lipinski definition) is 1. The van der Waals surface area contributed by atoms with E-state index in [1.807, 2.05) is 30.3 Å². The van der Waals surface area contributed by atoms with Crippen LogP contribution < -0.4 is 9.62 Å². The summed E-state index contributed by atoms with van der Waals surface area (Å²) in [6.07, 6.45) is 1.78. The molecule has 29 heavy (non-hydrogen) atoms. The highest BCUT2D eigenvalue weighted by Gasteiger charge is 2.31. The molecule has 0 saturated carbocycles. The van der Waals surface area contributed by atoms with Gasteiger partial charge in [0.1, 0.15) is 10.7 Å². The minimum atomic E-state index is -4.14. The van der Waals surface area contributed by atoms with Gasteiger partial charge in [-0.25, -0.2) is 12.8 Å². The minimum absolute atomic E-state index is 0.0307. The van der Waals surface area contributed by atoms with E-state index in [4.69, 9.17) is 0 Å². The van der Waals surface area contributed by atoms with Crippen LogP contribution in [0.25, 0.3) is 0 Å². The summed E-state index contributed by atoms with van der Waals surface area (Å²) in [6, 6.07) is 14.1. The molecule has 1 heterocycles. The largest absolute Gasteiger partial charge is 0.369 e. The van der Waals surface area contributed by atoms with Gasteiger partial charge in [0.2, 0.25) is 15.9 Å². The van der Waals surface area contributed by atoms with Crippen molar-refractivity contribution in [3.8, 4) is 0 Å². The Kier molecular flexibility index (Phi) is 6.54. The number of para-hydroxylation sites is 1. The standard InChI is InChI=1S/C21H26FN3O3S/c1-16(23-29(27,28)20-13-7-6-12-19(20)22)21(26)24(2)18-11-8-14-25(15-18)17-9-4-3-5-10-17/h3-7,9-10,12-13,16,18,23H,8,11,14-15H2,1-2H3/t16-,18?/m0/s1. The van der Waals surface area contributed by atoms with Gasteiger partial charge in [-0.15, -0.1) is 0 Å². The summed E-state index contributed by atoms with van der Waals surface area (Å²) in [6.45, 7) is 3.08. The van der Waals surface area contributed by atoms with E-state index in [2.05, 4.69) is 9.62 Å². The normalized spacial score (nSPS) is 18.3. The Labute approximate surface area is 171 Å². The number of hydrogen-bond acceptors (Lipinski definition) is 4. The fourth-order valence-electron chi connectivity index (χ4n) is 3.64. The van der Waals surface area contributed by atoms with Gasteiger partial charge < -0.3 is 9.80 Å². The maximum absolute atomic E-state index is 13.9. The first kappa shape index (κ1) is 21.3. The number of anilines is 1. The average molecular weight is 420 g/mol. The SMILES string of the molecule is C[C@H](NS(=O)(=O)c1ccccc1F)C(=O)N(C)C1CCCN(c2ccccc2)C1. The predicted molar refractivity (Wildman–Crippen MR) is 111 cm³/mol. The van der Waals surface area contributed by atoms with Crippen molar-refractivity contribution in [3.63, 3.8) is 0 Å². The number of sulfonamides is 1. The van der Waals surface area contributed by atoms with E-state index in [0.717, 1.165) is 31.1 Å². The van der Waals surface area contributed by atoms with E-state index in [0.29, 0.717) is 6.54 Å². The second-order valence-electron chi connectivity index (χ2n) is 7.30. The Balaban J connectivity index is 1.67. The first-order valence-electron chi connectivity index (χ1n) is 9.63. The molecule has 1 aliphatic heterocycles. The number of nitrogens with zero attached hydrogens (tertiary/aromatic N) is 2. The van der Waals surface area contributed by atoms with Crippen molar-refractivity contribution in [1.29, 1.82) is 0 Å². The van der Waals surface area contributed by atoms with Gasteiger partial charge in [0.05, 0.1) is 6.04 Å². The molecule has 1 saturated heterocycles. The molecule has 0 spiro atoms. The molecule has 1 unspecified atom stereocenters. The lowest BCUT2D eigenvalue weighted by molar-refractivity contribution is -0.133. The molecule has 156 valence electrons. The van der Waals surface area contributed by atoms with Crippen LogP contribution in [-0.4, -0.2) is 51.4 Å². The zero-order valence-electron chi connectivity index (χ0n) is 16.6. The Morgan fingerprint density at radius 3 is 2.52 bits per heavy atom. The van der Waals surface area contributed by atoms with Gasteiger partial charge in [-0.05, 0) is 44.0 Å². The average Bonchev–Trinajstić information content (AvgIpc) is 2.73. The van der Waals surface area contributed by atoms with Crippen LogP contribution in [0.3, 0.4) is 0 Å². The van der Waals surface area contributed by atoms with Crippen molar-refractivity contribution in [2.24, 2.45) is 0 Å². The van der Waals surface area contributed by atoms with Crippen LogP contribution >= 0.6 is 0 Å². The van der Waals surface area contributed by atoms with Crippen molar-refractivity contribution in [3.05, 3.63) is 60.4 Å². The van der Waals surface area contributed by atoms with Crippen LogP contribution in [-0.2, 0) is 14.8 Å². The number of carbonyl (C=O) groups is 1. The molecule has 0 radical (unpaired) electrons. The molecule has 2 aromatic carbocycles. The highest BCUT2D eigenvalue weighted by Crippen LogP contribution is 2.22. The quantitative estimate of drug-likeness (QED) is 0.782. The van der Waals surface area contributed by atoms with E-state index in [-0.39, 0.29) is 11.9 Å². The molecule has 1 fully saturated rings. The van der Waals surface area contributed by atoms with Gasteiger partial charge in [-0.3, -0.25) is 4.79 Å². The molecule has 8 heteroatoms. The molecular formula is C21H26FN3O3S. The lowest BCUT2D eigenvalue weighted by atomic mass is 10.0. The van der Waals surface area contributed by atoms with Crippen LogP contribution in [0.1, 0.15) is 19.8 Å². The number of carbonyl (C=O) groups excluding carboxylic acids is 1. The van der Waals surface area contributed by atoms with Gasteiger partial charge in [0.15, 0.2) is 0 Å². The van der Waals surface area contributed by atoms with Crippen molar-refractivity contribution in [2.45, 2.75) is 36.7 Å². The van der Waals surface area contributed by atoms with Crippen LogP contribution in [0.5, 0.6) is 0 Å². The molecule has 2 atom stereocenters. The van der Waals surface area contributed by atoms with E-state index in [1.165, 1.54) is 25.1 Å². The molecule has 3 rings (SSSR count). The fraction of sp³-hybridized carbons (Fsp3) is 0.381. The highest BCUT2D eigenvalue weighted by atomic mass is 32.2. The van der Waals surface area contributed by atoms with Crippen LogP contribution in [0.15, 0.2) is 59.5 Å². The molecule has 2 aromatic rings. The smallest absolute Gasteiger partial charge is 0.244 e. The molecule has 0 bridgehead atoms. The van der Waals surface area contributed by atoms with Crippen molar-refractivity contribution in [2.75, 3.05) is 25.0 Å². The number of nitrogens with one attached hydrogen (secondary N) is 1. The van der Waals surface area contributed by atoms with Crippen molar-refractivity contribution in [1.82, 2.24) is 9.62 Å². The third kappa shape index (κ3) is 4.94. The zero-order chi connectivity index (χ0) is 21.0. The number of rotatable bonds is 6. The Hall–Kier alpha value is -2.45. The molecule has 0 aliphatic carbocycles. The van der Waals surface area contributed by atoms with Gasteiger partial charge in [-0.1, -0.05) is 30.3 Å². The van der Waals surface area contributed by atoms with Crippen LogP contribution in [0.2, 0.25) is 0 Å². The molecular weight excluding hydrogens is 393 g/mol. The number of piperidine rings is 1. The third-order valence-corrected chi connectivity index (χ3v) is 6.82. The lowest BCUT2D eigenvalue weighted by Gasteiger charge is -2.39. The van der Waals surface area contributed by atoms with Gasteiger partial charge in [0, 0.05) is 31.9 Å². The first-order valence-corrected chi connectivity index (χ1v) is 11.1. The second kappa shape index (κ2) is 8.92. The lowest BCUT2D eigenvalue weighted by Crippen LogP contribution is -2.53. The predicted octanol–water partition coefficient (Wildman–Crippen LogP) is 2.62. The summed E-state index contributed by atoms with van der Waals surface area (Å²) in [5.41, 5.74) is 1.10. The van der Waals surface area contributed by atoms with E-state index in [9.17, 15) is 17.6 Å². The van der Waals surface area contributed by atoms with Gasteiger partial charge in [-0.2, -0.15) is 4.72 Å². The summed E-state index contributed by atoms with van der Waals surface area (Å²) in [5.74, 6) is -1.19. The summed E-state index contributed by atoms with van der Waals surface area (Å²) in [7, 11) is -2.45. The Bertz CT molecular complexity index is 953. The first-order chi connectivity index (χ1) is 13.8. The third-order valence-electron chi connectivity index (χ3n) is 5.24. The maximum Gasteiger partial charge on any atom is 0.244 e. The van der Waals surface area contributed by atoms with E-state index < -0.39 is 26.8 Å². The fourth-order valence-corrected chi connectivity index (χ4v) is 4.91. The molecule has 1 amide bonds. The van der Waals surface area contributed by atoms with Gasteiger partial charge in [0.25, 0.3) is 0 Å².